The zero-order chi connectivity index (χ0) is 13.7. The molecule has 1 unspecified atom stereocenters. The summed E-state index contributed by atoms with van der Waals surface area (Å²) in [6.45, 7) is 7.58. The summed E-state index contributed by atoms with van der Waals surface area (Å²) in [5, 5.41) is 3.53. The quantitative estimate of drug-likeness (QED) is 0.847. The molecule has 0 amide bonds. The van der Waals surface area contributed by atoms with Gasteiger partial charge in [0.15, 0.2) is 5.82 Å². The first kappa shape index (κ1) is 14.1. The summed E-state index contributed by atoms with van der Waals surface area (Å²) < 4.78 is 5.15. The lowest BCUT2D eigenvalue weighted by atomic mass is 10.2. The van der Waals surface area contributed by atoms with Crippen molar-refractivity contribution in [3.8, 4) is 5.88 Å². The van der Waals surface area contributed by atoms with Gasteiger partial charge in [-0.25, -0.2) is 0 Å². The number of aromatic nitrogens is 2. The number of rotatable bonds is 6. The van der Waals surface area contributed by atoms with Crippen molar-refractivity contribution >= 4 is 5.82 Å². The van der Waals surface area contributed by atoms with Crippen molar-refractivity contribution in [2.45, 2.75) is 32.7 Å². The summed E-state index contributed by atoms with van der Waals surface area (Å²) in [4.78, 5) is 11.0. The lowest BCUT2D eigenvalue weighted by molar-refractivity contribution is 0.395. The van der Waals surface area contributed by atoms with Gasteiger partial charge in [0.05, 0.1) is 19.5 Å². The minimum Gasteiger partial charge on any atom is -0.480 e. The molecule has 0 bridgehead atoms. The maximum Gasteiger partial charge on any atom is 0.233 e. The smallest absolute Gasteiger partial charge is 0.233 e. The Morgan fingerprint density at radius 3 is 3.05 bits per heavy atom. The average Bonchev–Trinajstić information content (AvgIpc) is 2.87. The molecule has 1 aromatic rings. The first-order valence-corrected chi connectivity index (χ1v) is 7.04. The standard InChI is InChI=1S/C14H24N4O/c1-11(2)7-15-8-12-5-4-6-18(12)13-9-16-10-14(17-13)19-3/h9-12,15H,4-8H2,1-3H3. The van der Waals surface area contributed by atoms with E-state index in [1.807, 2.05) is 6.20 Å². The topological polar surface area (TPSA) is 50.3 Å². The number of nitrogens with zero attached hydrogens (tertiary/aromatic N) is 3. The van der Waals surface area contributed by atoms with Crippen LogP contribution in [0, 0.1) is 5.92 Å². The summed E-state index contributed by atoms with van der Waals surface area (Å²) in [7, 11) is 1.62. The van der Waals surface area contributed by atoms with Crippen LogP contribution in [0.4, 0.5) is 5.82 Å². The van der Waals surface area contributed by atoms with Crippen molar-refractivity contribution < 1.29 is 4.74 Å². The Morgan fingerprint density at radius 2 is 2.32 bits per heavy atom. The maximum atomic E-state index is 5.15. The summed E-state index contributed by atoms with van der Waals surface area (Å²) in [5.74, 6) is 2.19. The highest BCUT2D eigenvalue weighted by molar-refractivity contribution is 5.40. The lowest BCUT2D eigenvalue weighted by Crippen LogP contribution is -2.39. The van der Waals surface area contributed by atoms with E-state index in [1.165, 1.54) is 12.8 Å². The van der Waals surface area contributed by atoms with Gasteiger partial charge in [0.25, 0.3) is 0 Å². The van der Waals surface area contributed by atoms with Crippen LogP contribution in [0.5, 0.6) is 5.88 Å². The molecule has 0 radical (unpaired) electrons. The Hall–Kier alpha value is -1.36. The van der Waals surface area contributed by atoms with Crippen LogP contribution in [0.1, 0.15) is 26.7 Å². The monoisotopic (exact) mass is 264 g/mol. The number of hydrogen-bond acceptors (Lipinski definition) is 5. The molecule has 2 rings (SSSR count). The fraction of sp³-hybridized carbons (Fsp3) is 0.714. The van der Waals surface area contributed by atoms with Gasteiger partial charge < -0.3 is 15.0 Å². The molecule has 0 aliphatic carbocycles. The van der Waals surface area contributed by atoms with Gasteiger partial charge in [-0.05, 0) is 25.3 Å². The second-order valence-electron chi connectivity index (χ2n) is 5.46. The Morgan fingerprint density at radius 1 is 1.47 bits per heavy atom. The van der Waals surface area contributed by atoms with Gasteiger partial charge in [-0.15, -0.1) is 0 Å². The van der Waals surface area contributed by atoms with Gasteiger partial charge in [-0.1, -0.05) is 13.8 Å². The fourth-order valence-corrected chi connectivity index (χ4v) is 2.46. The SMILES string of the molecule is COc1cncc(N2CCCC2CNCC(C)C)n1. The molecule has 1 aliphatic rings. The summed E-state index contributed by atoms with van der Waals surface area (Å²) >= 11 is 0. The van der Waals surface area contributed by atoms with Gasteiger partial charge in [0, 0.05) is 19.1 Å². The van der Waals surface area contributed by atoms with Crippen LogP contribution in [-0.2, 0) is 0 Å². The van der Waals surface area contributed by atoms with Crippen molar-refractivity contribution in [2.75, 3.05) is 31.6 Å². The summed E-state index contributed by atoms with van der Waals surface area (Å²) in [6.07, 6.45) is 5.89. The summed E-state index contributed by atoms with van der Waals surface area (Å²) in [5.41, 5.74) is 0. The molecule has 106 valence electrons. The van der Waals surface area contributed by atoms with Gasteiger partial charge in [0.1, 0.15) is 0 Å². The van der Waals surface area contributed by atoms with E-state index in [1.54, 1.807) is 13.3 Å². The number of nitrogens with one attached hydrogen (secondary N) is 1. The first-order chi connectivity index (χ1) is 9.20. The Labute approximate surface area is 115 Å². The van der Waals surface area contributed by atoms with E-state index in [0.29, 0.717) is 17.8 Å². The van der Waals surface area contributed by atoms with Crippen LogP contribution < -0.4 is 15.0 Å². The third-order valence-corrected chi connectivity index (χ3v) is 3.41. The van der Waals surface area contributed by atoms with Crippen molar-refractivity contribution in [2.24, 2.45) is 5.92 Å². The largest absolute Gasteiger partial charge is 0.480 e. The molecule has 1 saturated heterocycles. The second-order valence-corrected chi connectivity index (χ2v) is 5.46. The molecule has 1 aliphatic heterocycles. The van der Waals surface area contributed by atoms with Crippen LogP contribution in [0.25, 0.3) is 0 Å². The maximum absolute atomic E-state index is 5.15. The average molecular weight is 264 g/mol. The van der Waals surface area contributed by atoms with Crippen LogP contribution in [-0.4, -0.2) is 42.8 Å². The van der Waals surface area contributed by atoms with Gasteiger partial charge in [-0.2, -0.15) is 4.98 Å². The van der Waals surface area contributed by atoms with Crippen LogP contribution in [0.15, 0.2) is 12.4 Å². The van der Waals surface area contributed by atoms with Crippen molar-refractivity contribution in [3.05, 3.63) is 12.4 Å². The summed E-state index contributed by atoms with van der Waals surface area (Å²) in [6, 6.07) is 0.514. The van der Waals surface area contributed by atoms with E-state index in [2.05, 4.69) is 34.0 Å². The number of anilines is 1. The normalized spacial score (nSPS) is 19.2. The lowest BCUT2D eigenvalue weighted by Gasteiger charge is -2.26. The highest BCUT2D eigenvalue weighted by Gasteiger charge is 2.25. The molecule has 0 saturated carbocycles. The highest BCUT2D eigenvalue weighted by Crippen LogP contribution is 2.24. The van der Waals surface area contributed by atoms with Crippen LogP contribution >= 0.6 is 0 Å². The molecule has 0 spiro atoms. The van der Waals surface area contributed by atoms with Gasteiger partial charge in [0.2, 0.25) is 5.88 Å². The third-order valence-electron chi connectivity index (χ3n) is 3.41. The Kier molecular flexibility index (Phi) is 4.96. The third kappa shape index (κ3) is 3.80. The molecular formula is C14H24N4O. The van der Waals surface area contributed by atoms with Gasteiger partial charge in [-0.3, -0.25) is 4.98 Å². The molecule has 2 heterocycles. The molecular weight excluding hydrogens is 240 g/mol. The van der Waals surface area contributed by atoms with Crippen molar-refractivity contribution in [1.29, 1.82) is 0 Å². The van der Waals surface area contributed by atoms with E-state index in [-0.39, 0.29) is 0 Å². The molecule has 0 aromatic carbocycles. The number of hydrogen-bond donors (Lipinski definition) is 1. The minimum absolute atomic E-state index is 0.514. The van der Waals surface area contributed by atoms with Crippen LogP contribution in [0.2, 0.25) is 0 Å². The number of ether oxygens (including phenoxy) is 1. The van der Waals surface area contributed by atoms with E-state index in [4.69, 9.17) is 4.74 Å². The van der Waals surface area contributed by atoms with Crippen LogP contribution in [0.3, 0.4) is 0 Å². The molecule has 1 fully saturated rings. The van der Waals surface area contributed by atoms with E-state index in [9.17, 15) is 0 Å². The number of methoxy groups -OCH3 is 1. The Balaban J connectivity index is 1.97. The first-order valence-electron chi connectivity index (χ1n) is 7.04. The van der Waals surface area contributed by atoms with Crippen molar-refractivity contribution in [1.82, 2.24) is 15.3 Å². The molecule has 1 N–H and O–H groups in total. The molecule has 1 atom stereocenters. The highest BCUT2D eigenvalue weighted by atomic mass is 16.5. The van der Waals surface area contributed by atoms with E-state index < -0.39 is 0 Å². The zero-order valence-corrected chi connectivity index (χ0v) is 12.1. The molecule has 5 heteroatoms. The molecule has 1 aromatic heterocycles. The predicted octanol–water partition coefficient (Wildman–Crippen LogP) is 1.70. The van der Waals surface area contributed by atoms with E-state index >= 15 is 0 Å². The Bertz CT molecular complexity index is 397. The predicted molar refractivity (Wildman–Crippen MR) is 76.7 cm³/mol. The van der Waals surface area contributed by atoms with E-state index in [0.717, 1.165) is 25.5 Å². The molecule has 5 nitrogen and oxygen atoms in total. The van der Waals surface area contributed by atoms with Gasteiger partial charge >= 0.3 is 0 Å². The molecule has 19 heavy (non-hydrogen) atoms. The minimum atomic E-state index is 0.514. The fourth-order valence-electron chi connectivity index (χ4n) is 2.46. The second kappa shape index (κ2) is 6.70. The van der Waals surface area contributed by atoms with Crippen molar-refractivity contribution in [3.63, 3.8) is 0 Å². The zero-order valence-electron chi connectivity index (χ0n) is 12.1.